The predicted molar refractivity (Wildman–Crippen MR) is 76.2 cm³/mol. The summed E-state index contributed by atoms with van der Waals surface area (Å²) in [6, 6.07) is 5.60. The van der Waals surface area contributed by atoms with Crippen LogP contribution >= 0.6 is 0 Å². The highest BCUT2D eigenvalue weighted by Crippen LogP contribution is 2.44. The van der Waals surface area contributed by atoms with Gasteiger partial charge in [0.25, 0.3) is 5.91 Å². The zero-order valence-corrected chi connectivity index (χ0v) is 12.1. The van der Waals surface area contributed by atoms with Crippen LogP contribution in [0.25, 0.3) is 0 Å². The van der Waals surface area contributed by atoms with Crippen LogP contribution in [0.3, 0.4) is 0 Å². The first-order valence-electron chi connectivity index (χ1n) is 7.51. The maximum atomic E-state index is 12.8. The number of hydrogen-bond acceptors (Lipinski definition) is 3. The van der Waals surface area contributed by atoms with Crippen LogP contribution in [-0.2, 0) is 0 Å². The highest BCUT2D eigenvalue weighted by atomic mass is 16.3. The maximum absolute atomic E-state index is 12.8. The molecule has 4 nitrogen and oxygen atoms in total. The molecule has 0 spiro atoms. The van der Waals surface area contributed by atoms with Crippen LogP contribution in [0.15, 0.2) is 24.4 Å². The molecule has 2 bridgehead atoms. The van der Waals surface area contributed by atoms with Gasteiger partial charge in [-0.05, 0) is 50.2 Å². The van der Waals surface area contributed by atoms with Crippen molar-refractivity contribution < 1.29 is 9.90 Å². The third kappa shape index (κ3) is 2.12. The molecule has 3 heterocycles. The zero-order valence-electron chi connectivity index (χ0n) is 12.1. The van der Waals surface area contributed by atoms with E-state index < -0.39 is 6.10 Å². The summed E-state index contributed by atoms with van der Waals surface area (Å²) in [6.07, 6.45) is 4.38. The minimum atomic E-state index is -0.488. The summed E-state index contributed by atoms with van der Waals surface area (Å²) in [4.78, 5) is 18.9. The van der Waals surface area contributed by atoms with Gasteiger partial charge in [-0.25, -0.2) is 0 Å². The zero-order chi connectivity index (χ0) is 14.3. The Balaban J connectivity index is 1.93. The smallest absolute Gasteiger partial charge is 0.273 e. The Morgan fingerprint density at radius 1 is 1.45 bits per heavy atom. The summed E-state index contributed by atoms with van der Waals surface area (Å²) in [5.74, 6) is 0.965. The Morgan fingerprint density at radius 2 is 2.25 bits per heavy atom. The van der Waals surface area contributed by atoms with E-state index in [4.69, 9.17) is 0 Å². The van der Waals surface area contributed by atoms with Crippen molar-refractivity contribution in [3.05, 3.63) is 30.1 Å². The van der Waals surface area contributed by atoms with E-state index in [1.165, 1.54) is 0 Å². The highest BCUT2D eigenvalue weighted by molar-refractivity contribution is 5.93. The highest BCUT2D eigenvalue weighted by Gasteiger charge is 2.49. The Kier molecular flexibility index (Phi) is 3.50. The Morgan fingerprint density at radius 3 is 2.85 bits per heavy atom. The molecule has 108 valence electrons. The van der Waals surface area contributed by atoms with Crippen LogP contribution in [0.5, 0.6) is 0 Å². The number of carbonyl (C=O) groups excluding carboxylic acids is 1. The van der Waals surface area contributed by atoms with Gasteiger partial charge in [-0.3, -0.25) is 9.78 Å². The fourth-order valence-corrected chi connectivity index (χ4v) is 4.11. The normalized spacial score (nSPS) is 34.0. The first-order valence-corrected chi connectivity index (χ1v) is 7.51. The Labute approximate surface area is 119 Å². The summed E-state index contributed by atoms with van der Waals surface area (Å²) >= 11 is 0. The number of nitrogens with zero attached hydrogens (tertiary/aromatic N) is 2. The molecule has 1 aromatic rings. The standard InChI is InChI=1S/C16H22N2O2/c1-10-9-12-6-7-13(10)15(11(2)19)18(12)16(20)14-5-3-4-8-17-14/h3-5,8,10-13,15,19H,6-7,9H2,1-2H3/t10-,11-,12?,13?,15?/m1/s1. The maximum Gasteiger partial charge on any atom is 0.273 e. The lowest BCUT2D eigenvalue weighted by atomic mass is 9.67. The number of rotatable bonds is 2. The van der Waals surface area contributed by atoms with Gasteiger partial charge < -0.3 is 10.0 Å². The van der Waals surface area contributed by atoms with Crippen molar-refractivity contribution in [2.75, 3.05) is 0 Å². The number of piperidine rings is 2. The molecule has 0 aromatic carbocycles. The first kappa shape index (κ1) is 13.6. The van der Waals surface area contributed by atoms with Gasteiger partial charge in [0.2, 0.25) is 0 Å². The van der Waals surface area contributed by atoms with Gasteiger partial charge >= 0.3 is 0 Å². The largest absolute Gasteiger partial charge is 0.391 e. The molecule has 0 radical (unpaired) electrons. The predicted octanol–water partition coefficient (Wildman–Crippen LogP) is 2.09. The molecular weight excluding hydrogens is 252 g/mol. The fraction of sp³-hybridized carbons (Fsp3) is 0.625. The van der Waals surface area contributed by atoms with Crippen LogP contribution < -0.4 is 0 Å². The third-order valence-electron chi connectivity index (χ3n) is 4.97. The minimum absolute atomic E-state index is 0.0295. The van der Waals surface area contributed by atoms with Crippen LogP contribution in [0.4, 0.5) is 0 Å². The van der Waals surface area contributed by atoms with Crippen molar-refractivity contribution in [1.82, 2.24) is 9.88 Å². The summed E-state index contributed by atoms with van der Waals surface area (Å²) < 4.78 is 0. The van der Waals surface area contributed by atoms with Crippen molar-refractivity contribution >= 4 is 5.91 Å². The minimum Gasteiger partial charge on any atom is -0.391 e. The SMILES string of the molecule is C[C@@H]1CC2CCC1C([C@@H](C)O)N2C(=O)c1ccccn1. The van der Waals surface area contributed by atoms with Crippen molar-refractivity contribution in [3.63, 3.8) is 0 Å². The number of pyridine rings is 1. The van der Waals surface area contributed by atoms with Crippen LogP contribution in [-0.4, -0.2) is 39.1 Å². The van der Waals surface area contributed by atoms with Crippen LogP contribution in [0, 0.1) is 11.8 Å². The molecule has 1 saturated carbocycles. The first-order chi connectivity index (χ1) is 9.59. The number of aliphatic hydroxyl groups is 1. The molecule has 20 heavy (non-hydrogen) atoms. The molecule has 4 heteroatoms. The summed E-state index contributed by atoms with van der Waals surface area (Å²) in [7, 11) is 0. The molecule has 1 aromatic heterocycles. The molecule has 3 aliphatic rings. The quantitative estimate of drug-likeness (QED) is 0.898. The van der Waals surface area contributed by atoms with Crippen LogP contribution in [0.1, 0.15) is 43.6 Å². The molecule has 3 unspecified atom stereocenters. The summed E-state index contributed by atoms with van der Waals surface area (Å²) in [5, 5.41) is 10.2. The fourth-order valence-electron chi connectivity index (χ4n) is 4.11. The third-order valence-corrected chi connectivity index (χ3v) is 4.97. The Hall–Kier alpha value is -1.42. The van der Waals surface area contributed by atoms with E-state index in [0.717, 1.165) is 19.3 Å². The van der Waals surface area contributed by atoms with Gasteiger partial charge in [0.05, 0.1) is 12.1 Å². The second kappa shape index (κ2) is 5.17. The molecule has 5 atom stereocenters. The molecular formula is C16H22N2O2. The number of fused-ring (bicyclic) bond motifs is 3. The number of carbonyl (C=O) groups is 1. The van der Waals surface area contributed by atoms with Crippen molar-refractivity contribution in [2.24, 2.45) is 11.8 Å². The van der Waals surface area contributed by atoms with Crippen LogP contribution in [0.2, 0.25) is 0 Å². The summed E-state index contributed by atoms with van der Waals surface area (Å²) in [5.41, 5.74) is 0.485. The van der Waals surface area contributed by atoms with Gasteiger partial charge in [-0.1, -0.05) is 13.0 Å². The molecule has 3 fully saturated rings. The number of hydrogen-bond donors (Lipinski definition) is 1. The lowest BCUT2D eigenvalue weighted by Gasteiger charge is -2.55. The van der Waals surface area contributed by atoms with Gasteiger partial charge in [0, 0.05) is 12.2 Å². The van der Waals surface area contributed by atoms with E-state index in [1.807, 2.05) is 17.0 Å². The van der Waals surface area contributed by atoms with E-state index >= 15 is 0 Å². The van der Waals surface area contributed by atoms with Crippen molar-refractivity contribution in [2.45, 2.75) is 51.3 Å². The van der Waals surface area contributed by atoms with Gasteiger partial charge in [0.1, 0.15) is 5.69 Å². The molecule has 4 rings (SSSR count). The molecule has 2 aliphatic heterocycles. The number of aliphatic hydroxyl groups excluding tert-OH is 1. The van der Waals surface area contributed by atoms with E-state index in [0.29, 0.717) is 17.5 Å². The van der Waals surface area contributed by atoms with E-state index in [9.17, 15) is 9.90 Å². The van der Waals surface area contributed by atoms with Gasteiger partial charge in [-0.15, -0.1) is 0 Å². The average Bonchev–Trinajstić information content (AvgIpc) is 2.47. The second-order valence-electron chi connectivity index (χ2n) is 6.27. The van der Waals surface area contributed by atoms with E-state index in [1.54, 1.807) is 19.2 Å². The second-order valence-corrected chi connectivity index (χ2v) is 6.27. The number of amides is 1. The molecule has 1 aliphatic carbocycles. The Bertz CT molecular complexity index is 489. The molecule has 2 saturated heterocycles. The van der Waals surface area contributed by atoms with Gasteiger partial charge in [-0.2, -0.15) is 0 Å². The van der Waals surface area contributed by atoms with Crippen molar-refractivity contribution in [1.29, 1.82) is 0 Å². The van der Waals surface area contributed by atoms with Crippen molar-refractivity contribution in [3.8, 4) is 0 Å². The molecule has 1 amide bonds. The van der Waals surface area contributed by atoms with Gasteiger partial charge in [0.15, 0.2) is 0 Å². The average molecular weight is 274 g/mol. The topological polar surface area (TPSA) is 53.4 Å². The number of aromatic nitrogens is 1. The lowest BCUT2D eigenvalue weighted by molar-refractivity contribution is -0.0716. The molecule has 1 N–H and O–H groups in total. The van der Waals surface area contributed by atoms with E-state index in [2.05, 4.69) is 11.9 Å². The summed E-state index contributed by atoms with van der Waals surface area (Å²) in [6.45, 7) is 4.05. The monoisotopic (exact) mass is 274 g/mol. The lowest BCUT2D eigenvalue weighted by Crippen LogP contribution is -2.63. The van der Waals surface area contributed by atoms with E-state index in [-0.39, 0.29) is 18.0 Å².